The van der Waals surface area contributed by atoms with Crippen LogP contribution in [0.3, 0.4) is 0 Å². The van der Waals surface area contributed by atoms with E-state index in [9.17, 15) is 102 Å². The average molecular weight is 1610 g/mol. The molecule has 0 radical (unpaired) electrons. The van der Waals surface area contributed by atoms with Gasteiger partial charge in [-0.3, -0.25) is 81.5 Å². The molecule has 2 heterocycles. The second-order valence-corrected chi connectivity index (χ2v) is 28.5. The van der Waals surface area contributed by atoms with Gasteiger partial charge in [0, 0.05) is 38.8 Å². The summed E-state index contributed by atoms with van der Waals surface area (Å²) in [5, 5.41) is 78.7. The molecular weight excluding hydrogens is 1490 g/mol. The van der Waals surface area contributed by atoms with Gasteiger partial charge in [-0.25, -0.2) is 0 Å². The van der Waals surface area contributed by atoms with Gasteiger partial charge in [-0.15, -0.1) is 0 Å². The van der Waals surface area contributed by atoms with Crippen LogP contribution in [-0.2, 0) is 94.3 Å². The first kappa shape index (κ1) is 95.2. The summed E-state index contributed by atoms with van der Waals surface area (Å²) in [4.78, 5) is 232. The van der Waals surface area contributed by atoms with Gasteiger partial charge in [0.25, 0.3) is 0 Å². The van der Waals surface area contributed by atoms with Crippen LogP contribution in [0.5, 0.6) is 11.5 Å². The maximum atomic E-state index is 14.7. The lowest BCUT2D eigenvalue weighted by atomic mass is 10.0. The Kier molecular flexibility index (Phi) is 40.1. The molecule has 40 heteroatoms. The summed E-state index contributed by atoms with van der Waals surface area (Å²) in [5.74, 6) is -16.3. The zero-order valence-corrected chi connectivity index (χ0v) is 65.1. The molecule has 25 N–H and O–H groups in total. The Morgan fingerprint density at radius 1 is 0.360 bits per heavy atom. The lowest BCUT2D eigenvalue weighted by molar-refractivity contribution is -0.144. The number of carbonyl (C=O) groups is 17. The number of nitrogens with two attached hydrogens (primary N) is 4. The summed E-state index contributed by atoms with van der Waals surface area (Å²) in [6.07, 6.45) is 0.584. The number of unbranched alkanes of at least 4 members (excludes halogenated alkanes) is 3. The highest BCUT2D eigenvalue weighted by Gasteiger charge is 2.42. The van der Waals surface area contributed by atoms with Gasteiger partial charge in [0.05, 0.1) is 6.04 Å². The van der Waals surface area contributed by atoms with Gasteiger partial charge in [0.2, 0.25) is 82.7 Å². The van der Waals surface area contributed by atoms with Gasteiger partial charge in [-0.2, -0.15) is 0 Å². The molecule has 2 aromatic rings. The Hall–Kier alpha value is -11.1. The van der Waals surface area contributed by atoms with E-state index >= 15 is 0 Å². The number of phenolic OH excluding ortho intramolecular Hbond substituents is 2. The standard InChI is InChI=1S/C74H114N18O22/c1-39(60(99)80-40(2)62(101)83-43(5)72(111)91-35-13-18-56(91)70(109)84-44(6)74(113)114)79-61(100)41(3)81-65(104)50(15-7-10-32-75)85-68(107)54(37-45-20-24-47(93)25-21-45)89-63(102)42(4)82-66(105)52(29-31-59(97)98)86-69(108)55(38-46-22-26-48(94)27-23-46)90-67(106)51(16-8-11-33-76)87-71(110)57-19-14-36-92(57)73(112)53(17-9-12-34-77)88-64(103)49(78)28-30-58(95)96/h20-27,39-44,49-57,93-94H,7-19,28-38,75-78H2,1-6H3,(H,79,100)(H,80,99)(H,81,104)(H,82,105)(H,83,101)(H,84,109)(H,85,107)(H,86,108)(H,87,110)(H,88,103)(H,89,102)(H,90,106)(H,95,96)(H,97,98)(H,113,114)/t39-,40-,41-,42-,43-,44-,49-,50-,51-,52-,53-,54-,55-,56-,57-/m0/s1. The highest BCUT2D eigenvalue weighted by molar-refractivity contribution is 6.00. The van der Waals surface area contributed by atoms with Crippen molar-refractivity contribution < 1.29 is 107 Å². The molecule has 0 aromatic heterocycles. The molecule has 2 aliphatic heterocycles. The van der Waals surface area contributed by atoms with E-state index in [-0.39, 0.29) is 108 Å². The molecule has 4 rings (SSSR count). The van der Waals surface area contributed by atoms with E-state index in [1.165, 1.54) is 99.9 Å². The van der Waals surface area contributed by atoms with Crippen LogP contribution in [0.2, 0.25) is 0 Å². The van der Waals surface area contributed by atoms with Crippen molar-refractivity contribution in [3.05, 3.63) is 59.7 Å². The van der Waals surface area contributed by atoms with E-state index in [0.29, 0.717) is 49.7 Å². The van der Waals surface area contributed by atoms with Crippen LogP contribution in [0.25, 0.3) is 0 Å². The third kappa shape index (κ3) is 31.8. The molecule has 14 amide bonds. The normalized spacial score (nSPS) is 17.2. The molecule has 2 aromatic carbocycles. The highest BCUT2D eigenvalue weighted by Crippen LogP contribution is 2.23. The Balaban J connectivity index is 1.51. The second kappa shape index (κ2) is 48.1. The Morgan fingerprint density at radius 3 is 1.09 bits per heavy atom. The monoisotopic (exact) mass is 1610 g/mol. The molecule has 2 saturated heterocycles. The minimum absolute atomic E-state index is 0.0541. The number of rotatable bonds is 49. The van der Waals surface area contributed by atoms with Crippen molar-refractivity contribution in [3.63, 3.8) is 0 Å². The summed E-state index contributed by atoms with van der Waals surface area (Å²) in [5.41, 5.74) is 24.0. The van der Waals surface area contributed by atoms with Crippen molar-refractivity contribution in [2.24, 2.45) is 22.9 Å². The van der Waals surface area contributed by atoms with Gasteiger partial charge in [-0.05, 0) is 193 Å². The average Bonchev–Trinajstić information content (AvgIpc) is 1.59. The maximum absolute atomic E-state index is 14.7. The molecule has 0 spiro atoms. The number of nitrogens with zero attached hydrogens (tertiary/aromatic N) is 2. The third-order valence-corrected chi connectivity index (χ3v) is 19.2. The molecule has 114 heavy (non-hydrogen) atoms. The number of phenols is 2. The number of benzene rings is 2. The summed E-state index contributed by atoms with van der Waals surface area (Å²) in [7, 11) is 0. The van der Waals surface area contributed by atoms with Crippen molar-refractivity contribution in [1.82, 2.24) is 73.6 Å². The van der Waals surface area contributed by atoms with E-state index in [1.807, 2.05) is 0 Å². The first-order chi connectivity index (χ1) is 53.9. The second-order valence-electron chi connectivity index (χ2n) is 28.5. The number of aromatic hydroxyl groups is 2. The fourth-order valence-corrected chi connectivity index (χ4v) is 12.4. The summed E-state index contributed by atoms with van der Waals surface area (Å²) in [6, 6.07) is -9.50. The summed E-state index contributed by atoms with van der Waals surface area (Å²) in [6.45, 7) is 8.54. The number of likely N-dealkylation sites (tertiary alicyclic amines) is 2. The predicted octanol–water partition coefficient (Wildman–Crippen LogP) is -4.67. The zero-order chi connectivity index (χ0) is 85.1. The van der Waals surface area contributed by atoms with Crippen molar-refractivity contribution in [1.29, 1.82) is 0 Å². The molecule has 0 bridgehead atoms. The molecular formula is C74H114N18O22. The van der Waals surface area contributed by atoms with Crippen molar-refractivity contribution in [2.45, 2.75) is 254 Å². The van der Waals surface area contributed by atoms with Crippen LogP contribution in [0.1, 0.15) is 162 Å². The number of carboxylic acid groups (broad SMARTS) is 3. The number of hydrogen-bond donors (Lipinski definition) is 21. The molecule has 632 valence electrons. The number of nitrogens with one attached hydrogen (secondary N) is 12. The molecule has 15 atom stereocenters. The minimum atomic E-state index is -1.76. The SMILES string of the molecule is C[C@H](NC(=O)[C@@H]1CCCN1C(=O)[C@H](C)NC(=O)[C@H](C)NC(=O)[C@H](C)NC(=O)[C@H](C)NC(=O)[C@H](CCCCN)NC(=O)[C@H](Cc1ccc(O)cc1)NC(=O)[C@H](C)NC(=O)[C@H](CCC(=O)O)NC(=O)[C@H](Cc1ccc(O)cc1)NC(=O)[C@H](CCCCN)NC(=O)[C@@H]1CCCN1C(=O)[C@H](CCCCN)NC(=O)[C@@H](N)CCC(=O)O)C(=O)O. The van der Waals surface area contributed by atoms with E-state index in [4.69, 9.17) is 28.0 Å². The molecule has 0 unspecified atom stereocenters. The fourth-order valence-electron chi connectivity index (χ4n) is 12.4. The lowest BCUT2D eigenvalue weighted by Crippen LogP contribution is -2.60. The Labute approximate surface area is 659 Å². The minimum Gasteiger partial charge on any atom is -0.508 e. The molecule has 2 fully saturated rings. The van der Waals surface area contributed by atoms with Gasteiger partial charge in [0.15, 0.2) is 0 Å². The number of carboxylic acids is 3. The fraction of sp³-hybridized carbons (Fsp3) is 0.608. The predicted molar refractivity (Wildman–Crippen MR) is 408 cm³/mol. The number of hydrogen-bond acceptors (Lipinski definition) is 23. The summed E-state index contributed by atoms with van der Waals surface area (Å²) < 4.78 is 0. The molecule has 2 aliphatic rings. The van der Waals surface area contributed by atoms with Gasteiger partial charge >= 0.3 is 17.9 Å². The van der Waals surface area contributed by atoms with Gasteiger partial charge < -0.3 is 122 Å². The van der Waals surface area contributed by atoms with E-state index in [2.05, 4.69) is 63.8 Å². The smallest absolute Gasteiger partial charge is 0.325 e. The lowest BCUT2D eigenvalue weighted by Gasteiger charge is -2.31. The molecule has 0 saturated carbocycles. The van der Waals surface area contributed by atoms with E-state index < -0.39 is 210 Å². The largest absolute Gasteiger partial charge is 0.508 e. The van der Waals surface area contributed by atoms with E-state index in [0.717, 1.165) is 0 Å². The van der Waals surface area contributed by atoms with E-state index in [1.54, 1.807) is 0 Å². The van der Waals surface area contributed by atoms with Gasteiger partial charge in [-0.1, -0.05) is 24.3 Å². The van der Waals surface area contributed by atoms with Crippen LogP contribution in [0.15, 0.2) is 48.5 Å². The number of carbonyl (C=O) groups excluding carboxylic acids is 14. The Bertz CT molecular complexity index is 3670. The number of amides is 14. The van der Waals surface area contributed by atoms with Crippen LogP contribution in [0.4, 0.5) is 0 Å². The molecule has 0 aliphatic carbocycles. The number of aliphatic carboxylic acids is 3. The van der Waals surface area contributed by atoms with Crippen LogP contribution < -0.4 is 86.7 Å². The van der Waals surface area contributed by atoms with Crippen LogP contribution in [-0.4, -0.2) is 259 Å². The first-order valence-electron chi connectivity index (χ1n) is 38.2. The van der Waals surface area contributed by atoms with Crippen molar-refractivity contribution in [2.75, 3.05) is 32.7 Å². The highest BCUT2D eigenvalue weighted by atomic mass is 16.4. The quantitative estimate of drug-likeness (QED) is 0.0277. The van der Waals surface area contributed by atoms with Crippen LogP contribution >= 0.6 is 0 Å². The summed E-state index contributed by atoms with van der Waals surface area (Å²) >= 11 is 0. The van der Waals surface area contributed by atoms with Crippen LogP contribution in [0, 0.1) is 0 Å². The topological polar surface area (TPSA) is 646 Å². The maximum Gasteiger partial charge on any atom is 0.325 e. The molecule has 40 nitrogen and oxygen atoms in total. The van der Waals surface area contributed by atoms with Gasteiger partial charge in [0.1, 0.15) is 96.1 Å². The zero-order valence-electron chi connectivity index (χ0n) is 65.1. The Morgan fingerprint density at radius 2 is 0.675 bits per heavy atom. The third-order valence-electron chi connectivity index (χ3n) is 19.2. The van der Waals surface area contributed by atoms with Crippen molar-refractivity contribution >= 4 is 101 Å². The van der Waals surface area contributed by atoms with Crippen molar-refractivity contribution in [3.8, 4) is 11.5 Å². The first-order valence-corrected chi connectivity index (χ1v) is 38.2.